The highest BCUT2D eigenvalue weighted by Gasteiger charge is 2.43. The standard InChI is InChI=1S/C15H23ClN4O2/c1-10-3-5-15(6-4-10)21-8-11(22-15)7-18-14-12(17-2)13(16)19-9-20-14/h9-11,17H,3-8H2,1-2H3,(H,18,19,20). The third-order valence-electron chi connectivity index (χ3n) is 4.50. The average Bonchev–Trinajstić information content (AvgIpc) is 2.92. The maximum Gasteiger partial charge on any atom is 0.169 e. The molecule has 1 spiro atoms. The first-order valence-corrected chi connectivity index (χ1v) is 8.23. The Balaban J connectivity index is 1.56. The van der Waals surface area contributed by atoms with Crippen LogP contribution in [0.2, 0.25) is 5.15 Å². The van der Waals surface area contributed by atoms with Crippen molar-refractivity contribution in [2.24, 2.45) is 5.92 Å². The molecule has 7 heteroatoms. The van der Waals surface area contributed by atoms with Gasteiger partial charge >= 0.3 is 0 Å². The molecule has 1 aromatic rings. The summed E-state index contributed by atoms with van der Waals surface area (Å²) in [5.74, 6) is 1.11. The number of nitrogens with one attached hydrogen (secondary N) is 2. The number of rotatable bonds is 4. The fourth-order valence-electron chi connectivity index (χ4n) is 3.11. The van der Waals surface area contributed by atoms with E-state index in [1.807, 2.05) is 0 Å². The topological polar surface area (TPSA) is 68.3 Å². The molecule has 1 atom stereocenters. The lowest BCUT2D eigenvalue weighted by atomic mass is 9.86. The monoisotopic (exact) mass is 326 g/mol. The van der Waals surface area contributed by atoms with Gasteiger partial charge in [0.2, 0.25) is 0 Å². The van der Waals surface area contributed by atoms with Crippen molar-refractivity contribution in [1.82, 2.24) is 9.97 Å². The fourth-order valence-corrected chi connectivity index (χ4v) is 3.34. The lowest BCUT2D eigenvalue weighted by Crippen LogP contribution is -2.36. The van der Waals surface area contributed by atoms with Crippen LogP contribution in [0.4, 0.5) is 11.5 Å². The van der Waals surface area contributed by atoms with Gasteiger partial charge in [-0.05, 0) is 18.8 Å². The van der Waals surface area contributed by atoms with E-state index in [2.05, 4.69) is 27.5 Å². The smallest absolute Gasteiger partial charge is 0.169 e. The molecular formula is C15H23ClN4O2. The van der Waals surface area contributed by atoms with Crippen LogP contribution in [0.25, 0.3) is 0 Å². The van der Waals surface area contributed by atoms with Gasteiger partial charge < -0.3 is 20.1 Å². The molecule has 0 amide bonds. The van der Waals surface area contributed by atoms with Crippen LogP contribution in [-0.4, -0.2) is 42.1 Å². The van der Waals surface area contributed by atoms with Gasteiger partial charge in [-0.25, -0.2) is 9.97 Å². The van der Waals surface area contributed by atoms with E-state index in [1.54, 1.807) is 7.05 Å². The predicted octanol–water partition coefficient (Wildman–Crippen LogP) is 2.91. The van der Waals surface area contributed by atoms with E-state index < -0.39 is 0 Å². The Morgan fingerprint density at radius 3 is 2.86 bits per heavy atom. The number of hydrogen-bond donors (Lipinski definition) is 2. The second-order valence-corrected chi connectivity index (χ2v) is 6.52. The van der Waals surface area contributed by atoms with Gasteiger partial charge in [-0.3, -0.25) is 0 Å². The Hall–Kier alpha value is -1.11. The maximum absolute atomic E-state index is 6.18. The van der Waals surface area contributed by atoms with Crippen molar-refractivity contribution in [3.8, 4) is 0 Å². The van der Waals surface area contributed by atoms with Gasteiger partial charge in [0, 0.05) is 26.4 Å². The highest BCUT2D eigenvalue weighted by atomic mass is 35.5. The summed E-state index contributed by atoms with van der Waals surface area (Å²) >= 11 is 6.05. The van der Waals surface area contributed by atoms with Crippen molar-refractivity contribution in [3.63, 3.8) is 0 Å². The second-order valence-electron chi connectivity index (χ2n) is 6.16. The van der Waals surface area contributed by atoms with Crippen molar-refractivity contribution in [2.75, 3.05) is 30.8 Å². The van der Waals surface area contributed by atoms with Gasteiger partial charge in [0.25, 0.3) is 0 Å². The van der Waals surface area contributed by atoms with Crippen molar-refractivity contribution < 1.29 is 9.47 Å². The van der Waals surface area contributed by atoms with E-state index in [9.17, 15) is 0 Å². The van der Waals surface area contributed by atoms with E-state index >= 15 is 0 Å². The molecule has 2 aliphatic rings. The molecule has 1 aliphatic heterocycles. The van der Waals surface area contributed by atoms with Crippen LogP contribution in [0.15, 0.2) is 6.33 Å². The number of halogens is 1. The molecule has 3 rings (SSSR count). The summed E-state index contributed by atoms with van der Waals surface area (Å²) in [5, 5.41) is 6.69. The molecule has 2 heterocycles. The third kappa shape index (κ3) is 3.29. The van der Waals surface area contributed by atoms with Gasteiger partial charge in [0.05, 0.1) is 6.61 Å². The first-order chi connectivity index (χ1) is 10.6. The first kappa shape index (κ1) is 15.8. The van der Waals surface area contributed by atoms with E-state index in [-0.39, 0.29) is 11.9 Å². The number of hydrogen-bond acceptors (Lipinski definition) is 6. The summed E-state index contributed by atoms with van der Waals surface area (Å²) in [7, 11) is 1.79. The summed E-state index contributed by atoms with van der Waals surface area (Å²) in [6.45, 7) is 3.55. The van der Waals surface area contributed by atoms with Crippen LogP contribution in [0.1, 0.15) is 32.6 Å². The highest BCUT2D eigenvalue weighted by molar-refractivity contribution is 6.32. The molecule has 1 unspecified atom stereocenters. The van der Waals surface area contributed by atoms with Crippen molar-refractivity contribution in [3.05, 3.63) is 11.5 Å². The van der Waals surface area contributed by atoms with Crippen LogP contribution < -0.4 is 10.6 Å². The fraction of sp³-hybridized carbons (Fsp3) is 0.733. The molecule has 6 nitrogen and oxygen atoms in total. The molecule has 0 aromatic carbocycles. The Kier molecular flexibility index (Phi) is 4.70. The van der Waals surface area contributed by atoms with Crippen LogP contribution in [-0.2, 0) is 9.47 Å². The van der Waals surface area contributed by atoms with E-state index in [0.717, 1.165) is 18.8 Å². The van der Waals surface area contributed by atoms with Crippen LogP contribution in [0.3, 0.4) is 0 Å². The van der Waals surface area contributed by atoms with Gasteiger partial charge in [0.1, 0.15) is 18.1 Å². The number of aromatic nitrogens is 2. The van der Waals surface area contributed by atoms with Gasteiger partial charge in [-0.1, -0.05) is 18.5 Å². The van der Waals surface area contributed by atoms with Gasteiger partial charge in [0.15, 0.2) is 16.8 Å². The Morgan fingerprint density at radius 1 is 1.36 bits per heavy atom. The summed E-state index contributed by atoms with van der Waals surface area (Å²) in [5.41, 5.74) is 0.698. The lowest BCUT2D eigenvalue weighted by Gasteiger charge is -2.34. The molecule has 22 heavy (non-hydrogen) atoms. The molecule has 122 valence electrons. The minimum absolute atomic E-state index is 0.0341. The summed E-state index contributed by atoms with van der Waals surface area (Å²) in [6.07, 6.45) is 5.81. The van der Waals surface area contributed by atoms with Crippen LogP contribution in [0.5, 0.6) is 0 Å². The van der Waals surface area contributed by atoms with Crippen LogP contribution >= 0.6 is 11.6 Å². The summed E-state index contributed by atoms with van der Waals surface area (Å²) in [4.78, 5) is 8.18. The summed E-state index contributed by atoms with van der Waals surface area (Å²) < 4.78 is 12.2. The second kappa shape index (κ2) is 6.56. The van der Waals surface area contributed by atoms with Crippen molar-refractivity contribution in [1.29, 1.82) is 0 Å². The van der Waals surface area contributed by atoms with E-state index in [1.165, 1.54) is 19.2 Å². The zero-order valence-corrected chi connectivity index (χ0v) is 13.8. The number of nitrogens with zero attached hydrogens (tertiary/aromatic N) is 2. The quantitative estimate of drug-likeness (QED) is 0.829. The zero-order chi connectivity index (χ0) is 15.6. The Labute approximate surface area is 136 Å². The van der Waals surface area contributed by atoms with Gasteiger partial charge in [-0.15, -0.1) is 0 Å². The SMILES string of the molecule is CNc1c(Cl)ncnc1NCC1COC2(CCC(C)CC2)O1. The van der Waals surface area contributed by atoms with Crippen molar-refractivity contribution >= 4 is 23.1 Å². The first-order valence-electron chi connectivity index (χ1n) is 7.86. The molecule has 0 bridgehead atoms. The van der Waals surface area contributed by atoms with Crippen LogP contribution in [0, 0.1) is 5.92 Å². The zero-order valence-electron chi connectivity index (χ0n) is 13.1. The summed E-state index contributed by atoms with van der Waals surface area (Å²) in [6, 6.07) is 0. The molecular weight excluding hydrogens is 304 g/mol. The van der Waals surface area contributed by atoms with E-state index in [0.29, 0.717) is 29.8 Å². The highest BCUT2D eigenvalue weighted by Crippen LogP contribution is 2.40. The van der Waals surface area contributed by atoms with Crippen molar-refractivity contribution in [2.45, 2.75) is 44.5 Å². The van der Waals surface area contributed by atoms with Gasteiger partial charge in [-0.2, -0.15) is 0 Å². The molecule has 0 radical (unpaired) electrons. The van der Waals surface area contributed by atoms with E-state index in [4.69, 9.17) is 21.1 Å². The third-order valence-corrected chi connectivity index (χ3v) is 4.78. The molecule has 2 N–H and O–H groups in total. The largest absolute Gasteiger partial charge is 0.383 e. The molecule has 2 fully saturated rings. The minimum Gasteiger partial charge on any atom is -0.383 e. The average molecular weight is 327 g/mol. The lowest BCUT2D eigenvalue weighted by molar-refractivity contribution is -0.190. The Bertz CT molecular complexity index is 520. The normalized spacial score (nSPS) is 31.4. The maximum atomic E-state index is 6.18. The predicted molar refractivity (Wildman–Crippen MR) is 86.3 cm³/mol. The Morgan fingerprint density at radius 2 is 2.14 bits per heavy atom. The minimum atomic E-state index is -0.353. The molecule has 1 aliphatic carbocycles. The molecule has 1 aromatic heterocycles. The number of ether oxygens (including phenoxy) is 2. The molecule has 1 saturated heterocycles. The molecule has 1 saturated carbocycles. The number of anilines is 2.